The van der Waals surface area contributed by atoms with Gasteiger partial charge in [0.15, 0.2) is 0 Å². The van der Waals surface area contributed by atoms with Crippen molar-refractivity contribution < 1.29 is 4.79 Å². The topological polar surface area (TPSA) is 52.9 Å². The molecule has 1 heterocycles. The van der Waals surface area contributed by atoms with E-state index >= 15 is 0 Å². The lowest BCUT2D eigenvalue weighted by atomic mass is 9.89. The van der Waals surface area contributed by atoms with Crippen molar-refractivity contribution in [3.8, 4) is 6.07 Å². The van der Waals surface area contributed by atoms with Crippen molar-refractivity contribution in [3.05, 3.63) is 16.0 Å². The zero-order valence-electron chi connectivity index (χ0n) is 10.4. The number of nitrogens with one attached hydrogen (secondary N) is 1. The molecule has 0 aliphatic heterocycles. The summed E-state index contributed by atoms with van der Waals surface area (Å²) in [5.74, 6) is 0.401. The average molecular weight is 283 g/mol. The fourth-order valence-electron chi connectivity index (χ4n) is 2.17. The number of nitrogens with zero attached hydrogens (tertiary/aromatic N) is 1. The molecule has 96 valence electrons. The number of fused-ring (bicyclic) bond motifs is 1. The van der Waals surface area contributed by atoms with E-state index in [9.17, 15) is 10.1 Å². The minimum absolute atomic E-state index is 0.250. The summed E-state index contributed by atoms with van der Waals surface area (Å²) in [7, 11) is 0. The average Bonchev–Trinajstić information content (AvgIpc) is 2.64. The number of anilines is 1. The van der Waals surface area contributed by atoms with Crippen molar-refractivity contribution >= 4 is 33.8 Å². The molecule has 18 heavy (non-hydrogen) atoms. The Hall–Kier alpha value is -1.05. The van der Waals surface area contributed by atoms with E-state index in [0.29, 0.717) is 16.5 Å². The van der Waals surface area contributed by atoms with Gasteiger partial charge in [-0.25, -0.2) is 0 Å². The minimum Gasteiger partial charge on any atom is -0.315 e. The Balaban J connectivity index is 2.32. The molecule has 2 atom stereocenters. The molecule has 0 saturated carbocycles. The smallest absolute Gasteiger partial charge is 0.242 e. The first-order valence-corrected chi connectivity index (χ1v) is 7.27. The van der Waals surface area contributed by atoms with Crippen molar-refractivity contribution in [1.29, 1.82) is 5.26 Å². The maximum absolute atomic E-state index is 11.6. The number of halogens is 1. The van der Waals surface area contributed by atoms with Crippen LogP contribution in [0.25, 0.3) is 0 Å². The van der Waals surface area contributed by atoms with Gasteiger partial charge in [0, 0.05) is 4.88 Å². The Morgan fingerprint density at radius 3 is 3.00 bits per heavy atom. The maximum atomic E-state index is 11.6. The van der Waals surface area contributed by atoms with Gasteiger partial charge in [0.25, 0.3) is 0 Å². The highest BCUT2D eigenvalue weighted by molar-refractivity contribution is 7.16. The second-order valence-electron chi connectivity index (χ2n) is 4.77. The summed E-state index contributed by atoms with van der Waals surface area (Å²) in [6, 6.07) is 2.22. The number of alkyl halides is 1. The SMILES string of the molecule is C[C@@H]1CCc2c(sc(NC(=O)[C@@H](C)Cl)c2C#N)C1. The Morgan fingerprint density at radius 2 is 2.39 bits per heavy atom. The van der Waals surface area contributed by atoms with Gasteiger partial charge in [-0.1, -0.05) is 6.92 Å². The number of hydrogen-bond acceptors (Lipinski definition) is 3. The lowest BCUT2D eigenvalue weighted by Gasteiger charge is -2.17. The molecule has 0 bridgehead atoms. The molecule has 2 rings (SSSR count). The number of rotatable bonds is 2. The molecule has 1 amide bonds. The van der Waals surface area contributed by atoms with Gasteiger partial charge in [-0.05, 0) is 37.7 Å². The van der Waals surface area contributed by atoms with E-state index in [1.54, 1.807) is 6.92 Å². The number of carbonyl (C=O) groups is 1. The monoisotopic (exact) mass is 282 g/mol. The maximum Gasteiger partial charge on any atom is 0.242 e. The third-order valence-electron chi connectivity index (χ3n) is 3.22. The van der Waals surface area contributed by atoms with Gasteiger partial charge in [-0.2, -0.15) is 5.26 Å². The quantitative estimate of drug-likeness (QED) is 0.846. The second kappa shape index (κ2) is 5.29. The molecule has 1 aromatic rings. The number of nitriles is 1. The van der Waals surface area contributed by atoms with E-state index in [1.165, 1.54) is 16.2 Å². The van der Waals surface area contributed by atoms with Crippen LogP contribution in [0.3, 0.4) is 0 Å². The summed E-state index contributed by atoms with van der Waals surface area (Å²) in [6.07, 6.45) is 3.04. The van der Waals surface area contributed by atoms with E-state index in [4.69, 9.17) is 11.6 Å². The molecule has 0 saturated heterocycles. The Labute approximate surface area is 116 Å². The van der Waals surface area contributed by atoms with Crippen LogP contribution in [0, 0.1) is 17.2 Å². The van der Waals surface area contributed by atoms with Crippen molar-refractivity contribution in [3.63, 3.8) is 0 Å². The minimum atomic E-state index is -0.588. The normalized spacial score (nSPS) is 19.8. The molecule has 0 unspecified atom stereocenters. The van der Waals surface area contributed by atoms with E-state index in [0.717, 1.165) is 24.8 Å². The molecule has 5 heteroatoms. The largest absolute Gasteiger partial charge is 0.315 e. The van der Waals surface area contributed by atoms with Crippen LogP contribution in [0.15, 0.2) is 0 Å². The van der Waals surface area contributed by atoms with Crippen LogP contribution in [0.5, 0.6) is 0 Å². The van der Waals surface area contributed by atoms with Gasteiger partial charge in [0.2, 0.25) is 5.91 Å². The van der Waals surface area contributed by atoms with Crippen LogP contribution < -0.4 is 5.32 Å². The summed E-state index contributed by atoms with van der Waals surface area (Å²) in [5, 5.41) is 12.1. The van der Waals surface area contributed by atoms with E-state index in [-0.39, 0.29) is 5.91 Å². The van der Waals surface area contributed by atoms with E-state index in [2.05, 4.69) is 18.3 Å². The van der Waals surface area contributed by atoms with Gasteiger partial charge in [0.1, 0.15) is 16.4 Å². The zero-order chi connectivity index (χ0) is 13.3. The summed E-state index contributed by atoms with van der Waals surface area (Å²) in [6.45, 7) is 3.84. The standard InChI is InChI=1S/C13H15ClN2OS/c1-7-3-4-9-10(6-15)13(18-11(9)5-7)16-12(17)8(2)14/h7-8H,3-5H2,1-2H3,(H,16,17)/t7-,8-/m1/s1. The summed E-state index contributed by atoms with van der Waals surface area (Å²) in [5.41, 5.74) is 1.76. The highest BCUT2D eigenvalue weighted by Gasteiger charge is 2.25. The van der Waals surface area contributed by atoms with Crippen LogP contribution >= 0.6 is 22.9 Å². The van der Waals surface area contributed by atoms with Crippen LogP contribution in [-0.4, -0.2) is 11.3 Å². The van der Waals surface area contributed by atoms with Crippen LogP contribution in [0.1, 0.15) is 36.3 Å². The van der Waals surface area contributed by atoms with Crippen molar-refractivity contribution in [1.82, 2.24) is 0 Å². The Kier molecular flexibility index (Phi) is 3.94. The van der Waals surface area contributed by atoms with E-state index in [1.807, 2.05) is 0 Å². The molecule has 1 aliphatic rings. The third-order valence-corrected chi connectivity index (χ3v) is 4.59. The van der Waals surface area contributed by atoms with Gasteiger partial charge in [0.05, 0.1) is 5.56 Å². The van der Waals surface area contributed by atoms with Crippen molar-refractivity contribution in [2.24, 2.45) is 5.92 Å². The third kappa shape index (κ3) is 2.52. The van der Waals surface area contributed by atoms with Crippen molar-refractivity contribution in [2.75, 3.05) is 5.32 Å². The number of thiophene rings is 1. The summed E-state index contributed by atoms with van der Waals surface area (Å²) < 4.78 is 0. The molecular weight excluding hydrogens is 268 g/mol. The van der Waals surface area contributed by atoms with Gasteiger partial charge < -0.3 is 5.32 Å². The summed E-state index contributed by atoms with van der Waals surface area (Å²) in [4.78, 5) is 12.9. The predicted octanol–water partition coefficient (Wildman–Crippen LogP) is 3.31. The first-order chi connectivity index (χ1) is 8.52. The summed E-state index contributed by atoms with van der Waals surface area (Å²) >= 11 is 7.26. The number of amides is 1. The van der Waals surface area contributed by atoms with Gasteiger partial charge in [-0.3, -0.25) is 4.79 Å². The fraction of sp³-hybridized carbons (Fsp3) is 0.538. The lowest BCUT2D eigenvalue weighted by molar-refractivity contribution is -0.115. The molecule has 1 aromatic heterocycles. The van der Waals surface area contributed by atoms with E-state index < -0.39 is 5.38 Å². The highest BCUT2D eigenvalue weighted by atomic mass is 35.5. The van der Waals surface area contributed by atoms with Crippen molar-refractivity contribution in [2.45, 2.75) is 38.5 Å². The fourth-order valence-corrected chi connectivity index (χ4v) is 3.59. The molecule has 0 spiro atoms. The molecule has 0 radical (unpaired) electrons. The zero-order valence-corrected chi connectivity index (χ0v) is 12.0. The van der Waals surface area contributed by atoms with Crippen LogP contribution in [0.2, 0.25) is 0 Å². The molecule has 1 aliphatic carbocycles. The van der Waals surface area contributed by atoms with Gasteiger partial charge in [-0.15, -0.1) is 22.9 Å². The van der Waals surface area contributed by atoms with Crippen LogP contribution in [-0.2, 0) is 17.6 Å². The molecule has 1 N–H and O–H groups in total. The first kappa shape index (κ1) is 13.4. The Bertz CT molecular complexity index is 516. The Morgan fingerprint density at radius 1 is 1.67 bits per heavy atom. The van der Waals surface area contributed by atoms with Gasteiger partial charge >= 0.3 is 0 Å². The first-order valence-electron chi connectivity index (χ1n) is 6.02. The second-order valence-corrected chi connectivity index (χ2v) is 6.53. The highest BCUT2D eigenvalue weighted by Crippen LogP contribution is 2.39. The molecule has 0 aromatic carbocycles. The molecule has 0 fully saturated rings. The molecular formula is C13H15ClN2OS. The number of hydrogen-bond donors (Lipinski definition) is 1. The van der Waals surface area contributed by atoms with Crippen LogP contribution in [0.4, 0.5) is 5.00 Å². The molecule has 3 nitrogen and oxygen atoms in total. The lowest BCUT2D eigenvalue weighted by Crippen LogP contribution is -2.20. The predicted molar refractivity (Wildman–Crippen MR) is 74.2 cm³/mol. The number of carbonyl (C=O) groups excluding carboxylic acids is 1.